The summed E-state index contributed by atoms with van der Waals surface area (Å²) in [6.45, 7) is 0. The second kappa shape index (κ2) is 3.46. The maximum absolute atomic E-state index is 11.3. The molecule has 4 N–H and O–H groups in total. The van der Waals surface area contributed by atoms with Gasteiger partial charge in [0.2, 0.25) is 0 Å². The predicted octanol–water partition coefficient (Wildman–Crippen LogP) is 1.19. The zero-order chi connectivity index (χ0) is 10.9. The van der Waals surface area contributed by atoms with Gasteiger partial charge in [0, 0.05) is 18.3 Å². The summed E-state index contributed by atoms with van der Waals surface area (Å²) in [6, 6.07) is 7.52. The number of hydrogen-bond donors (Lipinski definition) is 3. The first-order valence-corrected chi connectivity index (χ1v) is 5.03. The second-order valence-electron chi connectivity index (χ2n) is 3.87. The molecular weight excluding hydrogens is 190 g/mol. The van der Waals surface area contributed by atoms with Crippen LogP contribution in [0.5, 0.6) is 0 Å². The summed E-state index contributed by atoms with van der Waals surface area (Å²) in [5.74, 6) is 0. The number of carbonyl (C=O) groups is 1. The zero-order valence-electron chi connectivity index (χ0n) is 8.71. The molecule has 1 fully saturated rings. The van der Waals surface area contributed by atoms with Crippen molar-refractivity contribution in [2.24, 2.45) is 0 Å². The molecule has 1 aromatic rings. The van der Waals surface area contributed by atoms with Crippen LogP contribution in [-0.2, 0) is 5.54 Å². The summed E-state index contributed by atoms with van der Waals surface area (Å²) in [5.41, 5.74) is 7.43. The van der Waals surface area contributed by atoms with E-state index in [0.717, 1.165) is 24.1 Å². The van der Waals surface area contributed by atoms with Gasteiger partial charge in [0.05, 0.1) is 5.54 Å². The lowest BCUT2D eigenvalue weighted by Gasteiger charge is -2.19. The number of nitrogens with two attached hydrogens (primary N) is 1. The number of amides is 2. The molecule has 0 atom stereocenters. The van der Waals surface area contributed by atoms with Gasteiger partial charge in [-0.25, -0.2) is 4.79 Å². The summed E-state index contributed by atoms with van der Waals surface area (Å²) < 4.78 is 0. The average molecular weight is 205 g/mol. The third-order valence-electron chi connectivity index (χ3n) is 2.81. The van der Waals surface area contributed by atoms with Crippen LogP contribution in [0.4, 0.5) is 10.5 Å². The summed E-state index contributed by atoms with van der Waals surface area (Å²) in [5, 5.41) is 5.50. The maximum atomic E-state index is 11.3. The summed E-state index contributed by atoms with van der Waals surface area (Å²) in [6.07, 6.45) is 1.91. The highest BCUT2D eigenvalue weighted by Gasteiger charge is 2.46. The van der Waals surface area contributed by atoms with Crippen molar-refractivity contribution < 1.29 is 4.79 Å². The Morgan fingerprint density at radius 2 is 2.07 bits per heavy atom. The fourth-order valence-electron chi connectivity index (χ4n) is 1.80. The number of urea groups is 1. The van der Waals surface area contributed by atoms with E-state index in [-0.39, 0.29) is 11.6 Å². The normalized spacial score (nSPS) is 16.9. The van der Waals surface area contributed by atoms with E-state index in [4.69, 9.17) is 5.73 Å². The number of nitrogen functional groups attached to an aromatic ring is 1. The molecule has 4 heteroatoms. The minimum absolute atomic E-state index is 0.157. The molecule has 0 spiro atoms. The van der Waals surface area contributed by atoms with Gasteiger partial charge < -0.3 is 16.4 Å². The monoisotopic (exact) mass is 205 g/mol. The molecule has 0 bridgehead atoms. The van der Waals surface area contributed by atoms with Gasteiger partial charge in [0.25, 0.3) is 0 Å². The van der Waals surface area contributed by atoms with Crippen LogP contribution in [-0.4, -0.2) is 13.1 Å². The molecule has 0 aromatic heterocycles. The van der Waals surface area contributed by atoms with E-state index < -0.39 is 0 Å². The Balaban J connectivity index is 2.23. The molecule has 2 rings (SSSR count). The molecule has 4 nitrogen and oxygen atoms in total. The fraction of sp³-hybridized carbons (Fsp3) is 0.364. The number of anilines is 1. The lowest BCUT2D eigenvalue weighted by molar-refractivity contribution is 0.238. The first-order valence-electron chi connectivity index (χ1n) is 5.03. The van der Waals surface area contributed by atoms with Crippen molar-refractivity contribution in [2.75, 3.05) is 12.8 Å². The van der Waals surface area contributed by atoms with Crippen molar-refractivity contribution in [3.63, 3.8) is 0 Å². The van der Waals surface area contributed by atoms with Crippen molar-refractivity contribution in [1.82, 2.24) is 10.6 Å². The molecule has 15 heavy (non-hydrogen) atoms. The number of para-hydroxylation sites is 1. The van der Waals surface area contributed by atoms with Gasteiger partial charge in [-0.05, 0) is 18.9 Å². The predicted molar refractivity (Wildman–Crippen MR) is 59.4 cm³/mol. The zero-order valence-corrected chi connectivity index (χ0v) is 8.71. The SMILES string of the molecule is CNC(=O)NC1(c2ccccc2N)CC1. The maximum Gasteiger partial charge on any atom is 0.315 e. The highest BCUT2D eigenvalue weighted by Crippen LogP contribution is 2.47. The van der Waals surface area contributed by atoms with Crippen molar-refractivity contribution in [1.29, 1.82) is 0 Å². The fourth-order valence-corrected chi connectivity index (χ4v) is 1.80. The van der Waals surface area contributed by atoms with Crippen molar-refractivity contribution >= 4 is 11.7 Å². The van der Waals surface area contributed by atoms with Crippen LogP contribution in [0.2, 0.25) is 0 Å². The average Bonchev–Trinajstić information content (AvgIpc) is 2.99. The number of hydrogen-bond acceptors (Lipinski definition) is 2. The second-order valence-corrected chi connectivity index (χ2v) is 3.87. The standard InChI is InChI=1S/C11H15N3O/c1-13-10(15)14-11(6-7-11)8-4-2-3-5-9(8)12/h2-5H,6-7,12H2,1H3,(H2,13,14,15). The van der Waals surface area contributed by atoms with Gasteiger partial charge >= 0.3 is 6.03 Å². The summed E-state index contributed by atoms with van der Waals surface area (Å²) in [7, 11) is 1.61. The molecule has 1 saturated carbocycles. The van der Waals surface area contributed by atoms with Crippen molar-refractivity contribution in [2.45, 2.75) is 18.4 Å². The van der Waals surface area contributed by atoms with Crippen molar-refractivity contribution in [3.8, 4) is 0 Å². The Morgan fingerprint density at radius 3 is 2.60 bits per heavy atom. The molecular formula is C11H15N3O. The van der Waals surface area contributed by atoms with E-state index in [1.165, 1.54) is 0 Å². The topological polar surface area (TPSA) is 67.2 Å². The van der Waals surface area contributed by atoms with E-state index >= 15 is 0 Å². The first-order chi connectivity index (χ1) is 7.18. The van der Waals surface area contributed by atoms with Crippen LogP contribution in [0.25, 0.3) is 0 Å². The minimum Gasteiger partial charge on any atom is -0.398 e. The molecule has 0 aliphatic heterocycles. The van der Waals surface area contributed by atoms with Crippen LogP contribution >= 0.6 is 0 Å². The molecule has 0 saturated heterocycles. The smallest absolute Gasteiger partial charge is 0.315 e. The van der Waals surface area contributed by atoms with Gasteiger partial charge in [-0.2, -0.15) is 0 Å². The summed E-state index contributed by atoms with van der Waals surface area (Å²) >= 11 is 0. The van der Waals surface area contributed by atoms with Crippen molar-refractivity contribution in [3.05, 3.63) is 29.8 Å². The Kier molecular flexibility index (Phi) is 2.26. The molecule has 1 aromatic carbocycles. The van der Waals surface area contributed by atoms with Gasteiger partial charge in [0.15, 0.2) is 0 Å². The van der Waals surface area contributed by atoms with E-state index in [1.54, 1.807) is 7.05 Å². The minimum atomic E-state index is -0.231. The Morgan fingerprint density at radius 1 is 1.40 bits per heavy atom. The van der Waals surface area contributed by atoms with E-state index in [2.05, 4.69) is 10.6 Å². The number of nitrogens with one attached hydrogen (secondary N) is 2. The number of benzene rings is 1. The third kappa shape index (κ3) is 1.75. The molecule has 1 aliphatic rings. The van der Waals surface area contributed by atoms with Gasteiger partial charge in [-0.3, -0.25) is 0 Å². The molecule has 1 aliphatic carbocycles. The molecule has 0 unspecified atom stereocenters. The van der Waals surface area contributed by atoms with Crippen LogP contribution in [0.1, 0.15) is 18.4 Å². The Hall–Kier alpha value is -1.71. The molecule has 0 radical (unpaired) electrons. The largest absolute Gasteiger partial charge is 0.398 e. The Bertz CT molecular complexity index is 385. The molecule has 2 amide bonds. The van der Waals surface area contributed by atoms with Crippen LogP contribution in [0.15, 0.2) is 24.3 Å². The highest BCUT2D eigenvalue weighted by atomic mass is 16.2. The van der Waals surface area contributed by atoms with Crippen LogP contribution in [0, 0.1) is 0 Å². The lowest BCUT2D eigenvalue weighted by Crippen LogP contribution is -2.40. The van der Waals surface area contributed by atoms with Gasteiger partial charge in [-0.1, -0.05) is 18.2 Å². The van der Waals surface area contributed by atoms with Crippen LogP contribution < -0.4 is 16.4 Å². The molecule has 80 valence electrons. The first kappa shape index (κ1) is 9.83. The lowest BCUT2D eigenvalue weighted by atomic mass is 10.0. The third-order valence-corrected chi connectivity index (χ3v) is 2.81. The van der Waals surface area contributed by atoms with Crippen LogP contribution in [0.3, 0.4) is 0 Å². The quantitative estimate of drug-likeness (QED) is 0.635. The van der Waals surface area contributed by atoms with E-state index in [0.29, 0.717) is 0 Å². The van der Waals surface area contributed by atoms with Gasteiger partial charge in [0.1, 0.15) is 0 Å². The van der Waals surface area contributed by atoms with Gasteiger partial charge in [-0.15, -0.1) is 0 Å². The summed E-state index contributed by atoms with van der Waals surface area (Å²) in [4.78, 5) is 11.3. The van der Waals surface area contributed by atoms with E-state index in [9.17, 15) is 4.79 Å². The number of rotatable bonds is 2. The van der Waals surface area contributed by atoms with E-state index in [1.807, 2.05) is 24.3 Å². The molecule has 0 heterocycles. The number of carbonyl (C=O) groups excluding carboxylic acids is 1. The highest BCUT2D eigenvalue weighted by molar-refractivity contribution is 5.76. The Labute approximate surface area is 88.9 Å².